The molecule has 0 bridgehead atoms. The van der Waals surface area contributed by atoms with Crippen molar-refractivity contribution in [3.05, 3.63) is 29.8 Å². The maximum Gasteiger partial charge on any atom is 0.390 e. The van der Waals surface area contributed by atoms with E-state index in [1.54, 1.807) is 12.1 Å². The molecule has 5 heteroatoms. The molecule has 1 rings (SSSR count). The Bertz CT molecular complexity index is 348. The largest absolute Gasteiger partial charge is 0.508 e. The first-order chi connectivity index (χ1) is 8.40. The van der Waals surface area contributed by atoms with E-state index in [2.05, 4.69) is 5.32 Å². The first-order valence-corrected chi connectivity index (χ1v) is 5.98. The first kappa shape index (κ1) is 14.8. The molecule has 102 valence electrons. The summed E-state index contributed by atoms with van der Waals surface area (Å²) >= 11 is 0. The molecule has 0 radical (unpaired) electrons. The van der Waals surface area contributed by atoms with Crippen LogP contribution in [0.1, 0.15) is 25.3 Å². The van der Waals surface area contributed by atoms with Crippen molar-refractivity contribution in [1.29, 1.82) is 0 Å². The highest BCUT2D eigenvalue weighted by molar-refractivity contribution is 5.26. The summed E-state index contributed by atoms with van der Waals surface area (Å²) in [5.41, 5.74) is 0.783. The van der Waals surface area contributed by atoms with E-state index in [1.165, 1.54) is 12.1 Å². The summed E-state index contributed by atoms with van der Waals surface area (Å²) in [5, 5.41) is 12.0. The van der Waals surface area contributed by atoms with Crippen molar-refractivity contribution >= 4 is 0 Å². The molecule has 0 saturated carbocycles. The van der Waals surface area contributed by atoms with Crippen LogP contribution in [0.4, 0.5) is 13.2 Å². The number of hydrogen-bond acceptors (Lipinski definition) is 2. The monoisotopic (exact) mass is 261 g/mol. The Morgan fingerprint density at radius 1 is 1.22 bits per heavy atom. The van der Waals surface area contributed by atoms with Crippen molar-refractivity contribution in [2.75, 3.05) is 6.54 Å². The van der Waals surface area contributed by atoms with E-state index in [4.69, 9.17) is 5.11 Å². The molecule has 0 aromatic heterocycles. The normalized spacial score (nSPS) is 13.6. The maximum atomic E-state index is 12.4. The zero-order valence-corrected chi connectivity index (χ0v) is 10.3. The van der Waals surface area contributed by atoms with Gasteiger partial charge in [0.05, 0.1) is 6.42 Å². The Balaban J connectivity index is 2.62. The van der Waals surface area contributed by atoms with Gasteiger partial charge in [-0.15, -0.1) is 0 Å². The molecule has 1 unspecified atom stereocenters. The lowest BCUT2D eigenvalue weighted by Crippen LogP contribution is -2.36. The predicted octanol–water partition coefficient (Wildman–Crippen LogP) is 3.26. The van der Waals surface area contributed by atoms with Gasteiger partial charge in [0.25, 0.3) is 0 Å². The Kier molecular flexibility index (Phi) is 5.47. The van der Waals surface area contributed by atoms with E-state index in [-0.39, 0.29) is 5.75 Å². The molecule has 1 aromatic carbocycles. The molecular formula is C13H18F3NO. The molecule has 1 atom stereocenters. The number of benzene rings is 1. The lowest BCUT2D eigenvalue weighted by molar-refractivity contribution is -0.139. The summed E-state index contributed by atoms with van der Waals surface area (Å²) in [4.78, 5) is 0. The fraction of sp³-hybridized carbons (Fsp3) is 0.538. The zero-order valence-electron chi connectivity index (χ0n) is 10.3. The average molecular weight is 261 g/mol. The maximum absolute atomic E-state index is 12.4. The molecular weight excluding hydrogens is 243 g/mol. The van der Waals surface area contributed by atoms with Gasteiger partial charge in [-0.25, -0.2) is 0 Å². The van der Waals surface area contributed by atoms with Gasteiger partial charge in [0.2, 0.25) is 0 Å². The molecule has 2 nitrogen and oxygen atoms in total. The van der Waals surface area contributed by atoms with Crippen LogP contribution in [0, 0.1) is 0 Å². The zero-order chi connectivity index (χ0) is 13.6. The molecule has 0 aliphatic rings. The van der Waals surface area contributed by atoms with Gasteiger partial charge in [0.1, 0.15) is 5.75 Å². The summed E-state index contributed by atoms with van der Waals surface area (Å²) in [6.07, 6.45) is -3.90. The second kappa shape index (κ2) is 6.64. The topological polar surface area (TPSA) is 32.3 Å². The number of hydrogen-bond donors (Lipinski definition) is 2. The summed E-state index contributed by atoms with van der Waals surface area (Å²) in [6.45, 7) is 2.48. The second-order valence-corrected chi connectivity index (χ2v) is 4.34. The van der Waals surface area contributed by atoms with Crippen molar-refractivity contribution in [1.82, 2.24) is 5.32 Å². The molecule has 0 amide bonds. The molecule has 0 aliphatic carbocycles. The van der Waals surface area contributed by atoms with Crippen LogP contribution in [0.3, 0.4) is 0 Å². The molecule has 1 aromatic rings. The van der Waals surface area contributed by atoms with Gasteiger partial charge < -0.3 is 10.4 Å². The summed E-state index contributed by atoms with van der Waals surface area (Å²) < 4.78 is 37.3. The van der Waals surface area contributed by atoms with Gasteiger partial charge in [0, 0.05) is 6.04 Å². The van der Waals surface area contributed by atoms with E-state index < -0.39 is 18.6 Å². The van der Waals surface area contributed by atoms with Gasteiger partial charge in [0.15, 0.2) is 0 Å². The third-order valence-corrected chi connectivity index (χ3v) is 2.58. The Morgan fingerprint density at radius 2 is 1.83 bits per heavy atom. The standard InChI is InChI=1S/C13H18F3NO/c1-2-7-17-11(9-13(14,15)16)8-10-3-5-12(18)6-4-10/h3-6,11,17-18H,2,7-9H2,1H3. The van der Waals surface area contributed by atoms with Crippen LogP contribution < -0.4 is 5.32 Å². The Morgan fingerprint density at radius 3 is 2.33 bits per heavy atom. The first-order valence-electron chi connectivity index (χ1n) is 5.98. The van der Waals surface area contributed by atoms with Crippen molar-refractivity contribution in [2.24, 2.45) is 0 Å². The van der Waals surface area contributed by atoms with Crippen LogP contribution in [-0.2, 0) is 6.42 Å². The summed E-state index contributed by atoms with van der Waals surface area (Å²) in [7, 11) is 0. The van der Waals surface area contributed by atoms with E-state index in [0.717, 1.165) is 12.0 Å². The number of alkyl halides is 3. The minimum absolute atomic E-state index is 0.118. The number of nitrogens with one attached hydrogen (secondary N) is 1. The molecule has 0 heterocycles. The fourth-order valence-electron chi connectivity index (χ4n) is 1.76. The highest BCUT2D eigenvalue weighted by Gasteiger charge is 2.31. The second-order valence-electron chi connectivity index (χ2n) is 4.34. The summed E-state index contributed by atoms with van der Waals surface area (Å²) in [6, 6.07) is 5.65. The lowest BCUT2D eigenvalue weighted by Gasteiger charge is -2.20. The van der Waals surface area contributed by atoms with E-state index in [0.29, 0.717) is 13.0 Å². The molecule has 0 saturated heterocycles. The third-order valence-electron chi connectivity index (χ3n) is 2.58. The van der Waals surface area contributed by atoms with Crippen molar-refractivity contribution < 1.29 is 18.3 Å². The average Bonchev–Trinajstić information content (AvgIpc) is 2.27. The van der Waals surface area contributed by atoms with Gasteiger partial charge in [-0.1, -0.05) is 19.1 Å². The quantitative estimate of drug-likeness (QED) is 0.823. The molecule has 18 heavy (non-hydrogen) atoms. The van der Waals surface area contributed by atoms with Crippen LogP contribution >= 0.6 is 0 Å². The van der Waals surface area contributed by atoms with Crippen LogP contribution in [0.15, 0.2) is 24.3 Å². The number of halogens is 3. The van der Waals surface area contributed by atoms with Gasteiger partial charge >= 0.3 is 6.18 Å². The molecule has 0 aliphatic heterocycles. The fourth-order valence-corrected chi connectivity index (χ4v) is 1.76. The van der Waals surface area contributed by atoms with E-state index in [1.807, 2.05) is 6.92 Å². The minimum Gasteiger partial charge on any atom is -0.508 e. The number of aromatic hydroxyl groups is 1. The third kappa shape index (κ3) is 5.91. The number of phenolic OH excluding ortho intramolecular Hbond substituents is 1. The van der Waals surface area contributed by atoms with E-state index >= 15 is 0 Å². The van der Waals surface area contributed by atoms with E-state index in [9.17, 15) is 13.2 Å². The van der Waals surface area contributed by atoms with Crippen molar-refractivity contribution in [2.45, 2.75) is 38.4 Å². The number of rotatable bonds is 6. The molecule has 0 fully saturated rings. The molecule has 2 N–H and O–H groups in total. The SMILES string of the molecule is CCCNC(Cc1ccc(O)cc1)CC(F)(F)F. The van der Waals surface area contributed by atoms with Gasteiger partial charge in [-0.3, -0.25) is 0 Å². The van der Waals surface area contributed by atoms with Crippen LogP contribution in [0.5, 0.6) is 5.75 Å². The highest BCUT2D eigenvalue weighted by atomic mass is 19.4. The number of phenols is 1. The molecule has 0 spiro atoms. The smallest absolute Gasteiger partial charge is 0.390 e. The van der Waals surface area contributed by atoms with Crippen LogP contribution in [0.2, 0.25) is 0 Å². The van der Waals surface area contributed by atoms with Crippen molar-refractivity contribution in [3.8, 4) is 5.75 Å². The Hall–Kier alpha value is -1.23. The van der Waals surface area contributed by atoms with Crippen LogP contribution in [-0.4, -0.2) is 23.9 Å². The predicted molar refractivity (Wildman–Crippen MR) is 64.6 cm³/mol. The lowest BCUT2D eigenvalue weighted by atomic mass is 10.0. The van der Waals surface area contributed by atoms with Gasteiger partial charge in [-0.05, 0) is 37.1 Å². The van der Waals surface area contributed by atoms with Crippen molar-refractivity contribution in [3.63, 3.8) is 0 Å². The highest BCUT2D eigenvalue weighted by Crippen LogP contribution is 2.23. The minimum atomic E-state index is -4.16. The van der Waals surface area contributed by atoms with Crippen LogP contribution in [0.25, 0.3) is 0 Å². The van der Waals surface area contributed by atoms with Gasteiger partial charge in [-0.2, -0.15) is 13.2 Å². The summed E-state index contributed by atoms with van der Waals surface area (Å²) in [5.74, 6) is 0.118. The Labute approximate surface area is 105 Å².